The summed E-state index contributed by atoms with van der Waals surface area (Å²) in [6.07, 6.45) is 2.08. The Bertz CT molecular complexity index is 1220. The van der Waals surface area contributed by atoms with Gasteiger partial charge >= 0.3 is 0 Å². The van der Waals surface area contributed by atoms with Crippen molar-refractivity contribution in [3.8, 4) is 11.5 Å². The zero-order valence-electron chi connectivity index (χ0n) is 23.9. The summed E-state index contributed by atoms with van der Waals surface area (Å²) < 4.78 is 42.8. The lowest BCUT2D eigenvalue weighted by Crippen LogP contribution is -2.41. The van der Waals surface area contributed by atoms with E-state index >= 15 is 0 Å². The summed E-state index contributed by atoms with van der Waals surface area (Å²) in [5.41, 5.74) is 4.09. The fourth-order valence-corrected chi connectivity index (χ4v) is 5.46. The average Bonchev–Trinajstić information content (AvgIpc) is 3.01. The zero-order valence-corrected chi connectivity index (χ0v) is 23.9. The van der Waals surface area contributed by atoms with Crippen molar-refractivity contribution in [1.82, 2.24) is 5.32 Å². The van der Waals surface area contributed by atoms with Crippen molar-refractivity contribution in [2.24, 2.45) is 0 Å². The van der Waals surface area contributed by atoms with E-state index in [4.69, 9.17) is 23.7 Å². The van der Waals surface area contributed by atoms with Gasteiger partial charge in [0.05, 0.1) is 38.2 Å². The molecule has 41 heavy (non-hydrogen) atoms. The first-order valence-corrected chi connectivity index (χ1v) is 14.6. The van der Waals surface area contributed by atoms with Gasteiger partial charge in [0, 0.05) is 38.3 Å². The van der Waals surface area contributed by atoms with Crippen LogP contribution in [0.25, 0.3) is 0 Å². The van der Waals surface area contributed by atoms with Crippen molar-refractivity contribution in [1.29, 1.82) is 0 Å². The Hall–Kier alpha value is -3.17. The maximum absolute atomic E-state index is 13.7. The molecule has 2 atom stereocenters. The number of piperidine rings is 1. The number of halogens is 1. The van der Waals surface area contributed by atoms with Gasteiger partial charge in [-0.3, -0.25) is 0 Å². The highest BCUT2D eigenvalue weighted by Gasteiger charge is 2.27. The van der Waals surface area contributed by atoms with Crippen LogP contribution in [0.4, 0.5) is 10.1 Å². The maximum atomic E-state index is 13.7. The minimum absolute atomic E-state index is 0.0763. The van der Waals surface area contributed by atoms with Gasteiger partial charge in [-0.1, -0.05) is 36.4 Å². The van der Waals surface area contributed by atoms with Gasteiger partial charge in [0.15, 0.2) is 0 Å². The van der Waals surface area contributed by atoms with E-state index in [2.05, 4.69) is 40.5 Å². The predicted molar refractivity (Wildman–Crippen MR) is 157 cm³/mol. The number of fused-ring (bicyclic) bond motifs is 1. The van der Waals surface area contributed by atoms with Gasteiger partial charge in [-0.25, -0.2) is 4.39 Å². The predicted octanol–water partition coefficient (Wildman–Crippen LogP) is 5.32. The molecule has 1 N–H and O–H groups in total. The molecule has 5 rings (SSSR count). The van der Waals surface area contributed by atoms with E-state index in [1.54, 1.807) is 25.3 Å². The zero-order chi connectivity index (χ0) is 28.3. The molecule has 2 aliphatic heterocycles. The number of rotatable bonds is 14. The van der Waals surface area contributed by atoms with E-state index in [1.807, 2.05) is 12.1 Å². The van der Waals surface area contributed by atoms with Crippen LogP contribution >= 0.6 is 0 Å². The smallest absolute Gasteiger partial charge is 0.142 e. The van der Waals surface area contributed by atoms with Crippen LogP contribution in [0.5, 0.6) is 11.5 Å². The molecule has 0 saturated carbocycles. The van der Waals surface area contributed by atoms with Crippen LogP contribution in [-0.4, -0.2) is 65.8 Å². The van der Waals surface area contributed by atoms with Gasteiger partial charge < -0.3 is 33.9 Å². The van der Waals surface area contributed by atoms with Gasteiger partial charge in [-0.05, 0) is 60.8 Å². The summed E-state index contributed by atoms with van der Waals surface area (Å²) in [7, 11) is 1.74. The van der Waals surface area contributed by atoms with E-state index in [9.17, 15) is 4.39 Å². The van der Waals surface area contributed by atoms with Crippen molar-refractivity contribution in [3.63, 3.8) is 0 Å². The van der Waals surface area contributed by atoms with Gasteiger partial charge in [-0.2, -0.15) is 0 Å². The molecule has 7 nitrogen and oxygen atoms in total. The van der Waals surface area contributed by atoms with Crippen molar-refractivity contribution in [3.05, 3.63) is 89.2 Å². The number of nitrogens with zero attached hydrogens (tertiary/aromatic N) is 1. The molecule has 0 unspecified atom stereocenters. The first kappa shape index (κ1) is 29.3. The normalized spacial score (nSPS) is 18.5. The van der Waals surface area contributed by atoms with E-state index in [-0.39, 0.29) is 18.5 Å². The van der Waals surface area contributed by atoms with E-state index in [0.717, 1.165) is 68.4 Å². The van der Waals surface area contributed by atoms with Crippen LogP contribution < -0.4 is 19.7 Å². The third kappa shape index (κ3) is 8.20. The van der Waals surface area contributed by atoms with Crippen LogP contribution in [-0.2, 0) is 27.4 Å². The topological polar surface area (TPSA) is 61.4 Å². The molecule has 0 amide bonds. The number of anilines is 1. The number of methoxy groups -OCH3 is 1. The summed E-state index contributed by atoms with van der Waals surface area (Å²) >= 11 is 0. The minimum Gasteiger partial charge on any atom is -0.491 e. The van der Waals surface area contributed by atoms with Crippen LogP contribution in [0.15, 0.2) is 66.7 Å². The van der Waals surface area contributed by atoms with E-state index in [1.165, 1.54) is 11.6 Å². The van der Waals surface area contributed by atoms with E-state index in [0.29, 0.717) is 37.9 Å². The standard InChI is InChI=1S/C33H41FN2O5/c1-37-17-4-15-36-16-18-40-32-12-7-25(21-31(32)36)23-41-33-22-35-14-13-29(33)26-8-10-28(11-9-26)39-20-19-38-24-27-5-2-3-6-30(27)34/h2-3,5-12,21,29,33,35H,4,13-20,22-24H2,1H3/t29-,33+/m1/s1. The quantitative estimate of drug-likeness (QED) is 0.266. The molecule has 220 valence electrons. The second kappa shape index (κ2) is 15.2. The van der Waals surface area contributed by atoms with Crippen LogP contribution in [0.2, 0.25) is 0 Å². The van der Waals surface area contributed by atoms with Gasteiger partial charge in [-0.15, -0.1) is 0 Å². The van der Waals surface area contributed by atoms with Crippen molar-refractivity contribution in [2.45, 2.75) is 38.1 Å². The van der Waals surface area contributed by atoms with Crippen molar-refractivity contribution < 1.29 is 28.1 Å². The summed E-state index contributed by atoms with van der Waals surface area (Å²) in [6.45, 7) is 6.66. The highest BCUT2D eigenvalue weighted by molar-refractivity contribution is 5.61. The Morgan fingerprint density at radius 2 is 1.88 bits per heavy atom. The minimum atomic E-state index is -0.248. The molecule has 0 aliphatic carbocycles. The van der Waals surface area contributed by atoms with Crippen LogP contribution in [0, 0.1) is 5.82 Å². The number of benzene rings is 3. The van der Waals surface area contributed by atoms with Gasteiger partial charge in [0.25, 0.3) is 0 Å². The monoisotopic (exact) mass is 564 g/mol. The molecule has 8 heteroatoms. The Labute approximate surface area is 242 Å². The Kier molecular flexibility index (Phi) is 10.9. The first-order chi connectivity index (χ1) is 20.2. The molecule has 0 bridgehead atoms. The van der Waals surface area contributed by atoms with Crippen LogP contribution in [0.3, 0.4) is 0 Å². The number of ether oxygens (including phenoxy) is 5. The molecule has 1 fully saturated rings. The van der Waals surface area contributed by atoms with Crippen molar-refractivity contribution >= 4 is 5.69 Å². The number of hydrogen-bond acceptors (Lipinski definition) is 7. The third-order valence-electron chi connectivity index (χ3n) is 7.67. The molecule has 0 radical (unpaired) electrons. The Balaban J connectivity index is 1.11. The van der Waals surface area contributed by atoms with Gasteiger partial charge in [0.2, 0.25) is 0 Å². The summed E-state index contributed by atoms with van der Waals surface area (Å²) in [4.78, 5) is 2.38. The summed E-state index contributed by atoms with van der Waals surface area (Å²) in [6, 6.07) is 21.3. The Morgan fingerprint density at radius 1 is 1.00 bits per heavy atom. The van der Waals surface area contributed by atoms with Crippen LogP contribution in [0.1, 0.15) is 35.4 Å². The molecule has 3 aromatic carbocycles. The largest absolute Gasteiger partial charge is 0.491 e. The SMILES string of the molecule is COCCCN1CCOc2ccc(CO[C@H]3CNCC[C@@H]3c3ccc(OCCOCc4ccccc4F)cc3)cc21. The molecular formula is C33H41FN2O5. The highest BCUT2D eigenvalue weighted by atomic mass is 19.1. The highest BCUT2D eigenvalue weighted by Crippen LogP contribution is 2.34. The lowest BCUT2D eigenvalue weighted by molar-refractivity contribution is 0.0106. The fourth-order valence-electron chi connectivity index (χ4n) is 5.46. The fraction of sp³-hybridized carbons (Fsp3) is 0.455. The lowest BCUT2D eigenvalue weighted by Gasteiger charge is -2.33. The maximum Gasteiger partial charge on any atom is 0.142 e. The first-order valence-electron chi connectivity index (χ1n) is 14.6. The molecule has 3 aromatic rings. The van der Waals surface area contributed by atoms with Gasteiger partial charge in [0.1, 0.15) is 30.5 Å². The molecule has 0 spiro atoms. The summed E-state index contributed by atoms with van der Waals surface area (Å²) in [5, 5.41) is 3.50. The van der Waals surface area contributed by atoms with E-state index < -0.39 is 0 Å². The average molecular weight is 565 g/mol. The molecule has 1 saturated heterocycles. The number of hydrogen-bond donors (Lipinski definition) is 1. The second-order valence-corrected chi connectivity index (χ2v) is 10.5. The Morgan fingerprint density at radius 3 is 2.73 bits per heavy atom. The summed E-state index contributed by atoms with van der Waals surface area (Å²) in [5.74, 6) is 1.79. The lowest BCUT2D eigenvalue weighted by atomic mass is 9.87. The molecular weight excluding hydrogens is 523 g/mol. The second-order valence-electron chi connectivity index (χ2n) is 10.5. The van der Waals surface area contributed by atoms with Crippen molar-refractivity contribution in [2.75, 3.05) is 64.6 Å². The third-order valence-corrected chi connectivity index (χ3v) is 7.67. The molecule has 2 heterocycles. The molecule has 2 aliphatic rings. The number of nitrogens with one attached hydrogen (secondary N) is 1. The molecule has 0 aromatic heterocycles.